The highest BCUT2D eigenvalue weighted by molar-refractivity contribution is 6.05. The van der Waals surface area contributed by atoms with E-state index in [1.165, 1.54) is 0 Å². The lowest BCUT2D eigenvalue weighted by molar-refractivity contribution is -0.143. The lowest BCUT2D eigenvalue weighted by atomic mass is 9.94. The Hall–Kier alpha value is -3.81. The summed E-state index contributed by atoms with van der Waals surface area (Å²) in [7, 11) is 0. The van der Waals surface area contributed by atoms with Gasteiger partial charge < -0.3 is 5.32 Å². The average molecular weight is 487 g/mol. The van der Waals surface area contributed by atoms with Gasteiger partial charge >= 0.3 is 12.4 Å². The highest BCUT2D eigenvalue weighted by atomic mass is 19.4. The molecule has 0 aliphatic rings. The van der Waals surface area contributed by atoms with Crippen molar-refractivity contribution in [2.45, 2.75) is 18.8 Å². The maximum atomic E-state index is 13.1. The molecule has 0 radical (unpaired) electrons. The lowest BCUT2D eigenvalue weighted by Gasteiger charge is -2.15. The highest BCUT2D eigenvalue weighted by Gasteiger charge is 2.36. The minimum Gasteiger partial charge on any atom is -0.352 e. The number of amides is 1. The topological polar surface area (TPSA) is 29.1 Å². The zero-order valence-electron chi connectivity index (χ0n) is 18.2. The van der Waals surface area contributed by atoms with Gasteiger partial charge in [-0.15, -0.1) is 0 Å². The first-order valence-electron chi connectivity index (χ1n) is 10.7. The van der Waals surface area contributed by atoms with Crippen molar-refractivity contribution < 1.29 is 31.1 Å². The molecule has 2 nitrogen and oxygen atoms in total. The molecule has 1 N–H and O–H groups in total. The van der Waals surface area contributed by atoms with Gasteiger partial charge in [0.15, 0.2) is 0 Å². The Kier molecular flexibility index (Phi) is 6.56. The maximum absolute atomic E-state index is 13.1. The molecule has 0 spiro atoms. The summed E-state index contributed by atoms with van der Waals surface area (Å²) in [5, 5.41) is 4.56. The first kappa shape index (κ1) is 24.3. The van der Waals surface area contributed by atoms with Crippen LogP contribution in [-0.2, 0) is 18.8 Å². The summed E-state index contributed by atoms with van der Waals surface area (Å²) in [6.07, 6.45) is -10.0. The molecule has 0 unspecified atom stereocenters. The van der Waals surface area contributed by atoms with E-state index in [2.05, 4.69) is 5.32 Å². The third kappa shape index (κ3) is 5.48. The number of alkyl halides is 6. The van der Waals surface area contributed by atoms with Crippen LogP contribution < -0.4 is 5.32 Å². The molecular formula is C27H19F6NO. The van der Waals surface area contributed by atoms with Gasteiger partial charge in [-0.1, -0.05) is 60.7 Å². The van der Waals surface area contributed by atoms with Gasteiger partial charge in [0.25, 0.3) is 5.91 Å². The number of carbonyl (C=O) groups excluding carboxylic acids is 1. The lowest BCUT2D eigenvalue weighted by Crippen LogP contribution is -2.26. The van der Waals surface area contributed by atoms with E-state index in [0.29, 0.717) is 23.3 Å². The fraction of sp³-hybridized carbons (Fsp3) is 0.148. The van der Waals surface area contributed by atoms with Crippen LogP contribution in [0.2, 0.25) is 0 Å². The van der Waals surface area contributed by atoms with Crippen LogP contribution >= 0.6 is 0 Å². The molecule has 8 heteroatoms. The minimum atomic E-state index is -4.92. The molecule has 180 valence electrons. The van der Waals surface area contributed by atoms with Crippen LogP contribution in [-0.4, -0.2) is 12.5 Å². The van der Waals surface area contributed by atoms with Gasteiger partial charge in [0.1, 0.15) is 0 Å². The molecule has 35 heavy (non-hydrogen) atoms. The summed E-state index contributed by atoms with van der Waals surface area (Å²) in [5.74, 6) is -0.475. The molecule has 4 aromatic carbocycles. The van der Waals surface area contributed by atoms with Crippen molar-refractivity contribution in [3.05, 3.63) is 107 Å². The summed E-state index contributed by atoms with van der Waals surface area (Å²) in [4.78, 5) is 12.9. The molecule has 4 rings (SSSR count). The van der Waals surface area contributed by atoms with Crippen LogP contribution in [0.4, 0.5) is 26.3 Å². The predicted octanol–water partition coefficient (Wildman–Crippen LogP) is 7.52. The first-order chi connectivity index (χ1) is 16.5. The van der Waals surface area contributed by atoms with E-state index in [4.69, 9.17) is 0 Å². The number of fused-ring (bicyclic) bond motifs is 1. The average Bonchev–Trinajstić information content (AvgIpc) is 2.82. The van der Waals surface area contributed by atoms with Crippen LogP contribution in [0.1, 0.15) is 27.0 Å². The van der Waals surface area contributed by atoms with Crippen molar-refractivity contribution >= 4 is 16.7 Å². The highest BCUT2D eigenvalue weighted by Crippen LogP contribution is 2.36. The normalized spacial score (nSPS) is 12.1. The van der Waals surface area contributed by atoms with Crippen LogP contribution in [0, 0.1) is 0 Å². The Morgan fingerprint density at radius 2 is 1.26 bits per heavy atom. The number of hydrogen-bond acceptors (Lipinski definition) is 1. The van der Waals surface area contributed by atoms with E-state index in [-0.39, 0.29) is 24.6 Å². The minimum absolute atomic E-state index is 0.0858. The van der Waals surface area contributed by atoms with Crippen LogP contribution in [0.3, 0.4) is 0 Å². The Morgan fingerprint density at radius 3 is 1.94 bits per heavy atom. The SMILES string of the molecule is O=C(NCCc1cc(C(F)(F)F)cc(C(F)(F)F)c1)c1ccccc1-c1cccc2ccccc12. The molecule has 0 fully saturated rings. The van der Waals surface area contributed by atoms with E-state index in [1.54, 1.807) is 24.3 Å². The fourth-order valence-electron chi connectivity index (χ4n) is 3.96. The Morgan fingerprint density at radius 1 is 0.686 bits per heavy atom. The standard InChI is InChI=1S/C27H19F6NO/c28-26(29,30)19-14-17(15-20(16-19)27(31,32)33)12-13-34-25(35)24-10-4-3-9-23(24)22-11-5-7-18-6-1-2-8-21(18)22/h1-11,14-16H,12-13H2,(H,34,35). The van der Waals surface area contributed by atoms with Crippen molar-refractivity contribution in [1.29, 1.82) is 0 Å². The number of hydrogen-bond donors (Lipinski definition) is 1. The molecule has 0 aliphatic carbocycles. The van der Waals surface area contributed by atoms with Crippen molar-refractivity contribution in [2.75, 3.05) is 6.54 Å². The van der Waals surface area contributed by atoms with Crippen molar-refractivity contribution in [1.82, 2.24) is 5.32 Å². The number of halogens is 6. The van der Waals surface area contributed by atoms with Gasteiger partial charge in [-0.25, -0.2) is 0 Å². The van der Waals surface area contributed by atoms with Gasteiger partial charge in [0.2, 0.25) is 0 Å². The van der Waals surface area contributed by atoms with Gasteiger partial charge in [-0.05, 0) is 58.1 Å². The van der Waals surface area contributed by atoms with Gasteiger partial charge in [-0.2, -0.15) is 26.3 Å². The van der Waals surface area contributed by atoms with Crippen molar-refractivity contribution in [3.63, 3.8) is 0 Å². The monoisotopic (exact) mass is 487 g/mol. The Balaban J connectivity index is 1.56. The van der Waals surface area contributed by atoms with Crippen LogP contribution in [0.5, 0.6) is 0 Å². The second kappa shape index (κ2) is 9.44. The molecule has 0 aliphatic heterocycles. The number of carbonyl (C=O) groups is 1. The number of benzene rings is 4. The second-order valence-electron chi connectivity index (χ2n) is 7.99. The summed E-state index contributed by atoms with van der Waals surface area (Å²) in [6.45, 7) is -0.138. The van der Waals surface area contributed by atoms with E-state index in [0.717, 1.165) is 16.3 Å². The molecular weight excluding hydrogens is 468 g/mol. The van der Waals surface area contributed by atoms with Crippen LogP contribution in [0.15, 0.2) is 84.9 Å². The molecule has 4 aromatic rings. The summed E-state index contributed by atoms with van der Waals surface area (Å²) in [6, 6.07) is 21.7. The van der Waals surface area contributed by atoms with Gasteiger partial charge in [-0.3, -0.25) is 4.79 Å². The molecule has 0 heterocycles. The maximum Gasteiger partial charge on any atom is 0.416 e. The molecule has 1 amide bonds. The van der Waals surface area contributed by atoms with Crippen molar-refractivity contribution in [3.8, 4) is 11.1 Å². The summed E-state index contributed by atoms with van der Waals surface area (Å²) < 4.78 is 78.5. The van der Waals surface area contributed by atoms with E-state index in [1.807, 2.05) is 42.5 Å². The molecule has 0 saturated carbocycles. The smallest absolute Gasteiger partial charge is 0.352 e. The molecule has 0 atom stereocenters. The van der Waals surface area contributed by atoms with E-state index in [9.17, 15) is 31.1 Å². The summed E-state index contributed by atoms with van der Waals surface area (Å²) in [5.41, 5.74) is -1.08. The predicted molar refractivity (Wildman–Crippen MR) is 122 cm³/mol. The third-order valence-electron chi connectivity index (χ3n) is 5.60. The van der Waals surface area contributed by atoms with E-state index < -0.39 is 29.4 Å². The van der Waals surface area contributed by atoms with E-state index >= 15 is 0 Å². The summed E-state index contributed by atoms with van der Waals surface area (Å²) >= 11 is 0. The molecule has 0 saturated heterocycles. The molecule has 0 bridgehead atoms. The van der Waals surface area contributed by atoms with Gasteiger partial charge in [0.05, 0.1) is 11.1 Å². The number of nitrogens with one attached hydrogen (secondary N) is 1. The zero-order valence-corrected chi connectivity index (χ0v) is 18.2. The van der Waals surface area contributed by atoms with Crippen molar-refractivity contribution in [2.24, 2.45) is 0 Å². The van der Waals surface area contributed by atoms with Gasteiger partial charge in [0, 0.05) is 12.1 Å². The fourth-order valence-corrected chi connectivity index (χ4v) is 3.96. The zero-order chi connectivity index (χ0) is 25.2. The second-order valence-corrected chi connectivity index (χ2v) is 7.99. The van der Waals surface area contributed by atoms with Crippen LogP contribution in [0.25, 0.3) is 21.9 Å². The first-order valence-corrected chi connectivity index (χ1v) is 10.7. The third-order valence-corrected chi connectivity index (χ3v) is 5.60. The largest absolute Gasteiger partial charge is 0.416 e. The Labute approximate surface area is 197 Å². The Bertz CT molecular complexity index is 1340. The molecule has 0 aromatic heterocycles. The number of rotatable bonds is 5. The quantitative estimate of drug-likeness (QED) is 0.290.